The van der Waals surface area contributed by atoms with Gasteiger partial charge in [0, 0.05) is 49.5 Å². The average molecular weight is 437 g/mol. The Balaban J connectivity index is 1.27. The number of fused-ring (bicyclic) bond motifs is 2. The first-order valence-corrected chi connectivity index (χ1v) is 11.6. The minimum absolute atomic E-state index is 0.0536. The van der Waals surface area contributed by atoms with Gasteiger partial charge in [-0.05, 0) is 61.2 Å². The summed E-state index contributed by atoms with van der Waals surface area (Å²) in [6.07, 6.45) is 5.54. The van der Waals surface area contributed by atoms with Crippen LogP contribution in [0.3, 0.4) is 0 Å². The lowest BCUT2D eigenvalue weighted by atomic mass is 10.00. The number of carbonyl (C=O) groups excluding carboxylic acids is 1. The van der Waals surface area contributed by atoms with Crippen LogP contribution in [0.1, 0.15) is 33.5 Å². The quantitative estimate of drug-likeness (QED) is 0.442. The topological polar surface area (TPSA) is 58.1 Å². The normalized spacial score (nSPS) is 13.6. The minimum atomic E-state index is -0.0536. The second kappa shape index (κ2) is 9.51. The zero-order chi connectivity index (χ0) is 22.6. The molecule has 5 heteroatoms. The zero-order valence-corrected chi connectivity index (χ0v) is 18.9. The molecule has 1 aliphatic heterocycles. The summed E-state index contributed by atoms with van der Waals surface area (Å²) in [7, 11) is 0. The number of carbonyl (C=O) groups is 1. The van der Waals surface area contributed by atoms with Gasteiger partial charge in [0.2, 0.25) is 0 Å². The van der Waals surface area contributed by atoms with Gasteiger partial charge in [-0.25, -0.2) is 4.98 Å². The molecule has 0 saturated heterocycles. The van der Waals surface area contributed by atoms with E-state index in [0.29, 0.717) is 12.1 Å². The smallest absolute Gasteiger partial charge is 0.252 e. The predicted octanol–water partition coefficient (Wildman–Crippen LogP) is 4.78. The first-order valence-electron chi connectivity index (χ1n) is 11.6. The fraction of sp³-hybridized carbons (Fsp3) is 0.250. The molecular weight excluding hydrogens is 408 g/mol. The highest BCUT2D eigenvalue weighted by molar-refractivity contribution is 6.07. The third-order valence-electron chi connectivity index (χ3n) is 6.31. The van der Waals surface area contributed by atoms with Gasteiger partial charge in [-0.3, -0.25) is 14.7 Å². The number of pyridine rings is 2. The van der Waals surface area contributed by atoms with E-state index < -0.39 is 0 Å². The Hall–Kier alpha value is -3.57. The number of hydrogen-bond donors (Lipinski definition) is 1. The lowest BCUT2D eigenvalue weighted by Crippen LogP contribution is -2.33. The second-order valence-electron chi connectivity index (χ2n) is 8.72. The van der Waals surface area contributed by atoms with Crippen molar-refractivity contribution in [3.8, 4) is 11.3 Å². The summed E-state index contributed by atoms with van der Waals surface area (Å²) in [5, 5.41) is 4.02. The molecule has 0 fully saturated rings. The lowest BCUT2D eigenvalue weighted by Gasteiger charge is -2.28. The van der Waals surface area contributed by atoms with E-state index >= 15 is 0 Å². The van der Waals surface area contributed by atoms with E-state index in [9.17, 15) is 4.79 Å². The number of rotatable bonds is 6. The van der Waals surface area contributed by atoms with Gasteiger partial charge in [-0.15, -0.1) is 0 Å². The molecule has 166 valence electrons. The molecule has 3 heterocycles. The van der Waals surface area contributed by atoms with E-state index in [1.165, 1.54) is 11.1 Å². The molecule has 0 bridgehead atoms. The Morgan fingerprint density at radius 1 is 1.06 bits per heavy atom. The lowest BCUT2D eigenvalue weighted by molar-refractivity contribution is 0.0953. The van der Waals surface area contributed by atoms with Crippen LogP contribution in [0, 0.1) is 6.92 Å². The van der Waals surface area contributed by atoms with Crippen LogP contribution < -0.4 is 5.32 Å². The van der Waals surface area contributed by atoms with Crippen LogP contribution in [0.5, 0.6) is 0 Å². The molecule has 5 rings (SSSR count). The van der Waals surface area contributed by atoms with Crippen LogP contribution in [-0.2, 0) is 13.0 Å². The number of benzene rings is 2. The highest BCUT2D eigenvalue weighted by Gasteiger charge is 2.16. The molecule has 4 aromatic rings. The van der Waals surface area contributed by atoms with Crippen molar-refractivity contribution in [3.63, 3.8) is 0 Å². The standard InChI is InChI=1S/C28H28N4O/c1-20-9-10-26-24(16-20)25(17-27(31-26)22-8-4-12-29-18-22)28(33)30-13-5-14-32-15-11-21-6-2-3-7-23(21)19-32/h2-4,6-10,12,16-18H,5,11,13-15,19H2,1H3,(H,30,33). The highest BCUT2D eigenvalue weighted by atomic mass is 16.1. The van der Waals surface area contributed by atoms with E-state index in [1.807, 2.05) is 43.3 Å². The zero-order valence-electron chi connectivity index (χ0n) is 18.9. The molecule has 0 spiro atoms. The maximum Gasteiger partial charge on any atom is 0.252 e. The molecule has 33 heavy (non-hydrogen) atoms. The molecule has 1 N–H and O–H groups in total. The van der Waals surface area contributed by atoms with Crippen molar-refractivity contribution >= 4 is 16.8 Å². The molecule has 0 saturated carbocycles. The van der Waals surface area contributed by atoms with Gasteiger partial charge >= 0.3 is 0 Å². The Kier molecular flexibility index (Phi) is 6.13. The maximum absolute atomic E-state index is 13.2. The molecule has 1 aliphatic rings. The van der Waals surface area contributed by atoms with Crippen molar-refractivity contribution in [2.24, 2.45) is 0 Å². The highest BCUT2D eigenvalue weighted by Crippen LogP contribution is 2.25. The first kappa shape index (κ1) is 21.3. The monoisotopic (exact) mass is 436 g/mol. The van der Waals surface area contributed by atoms with Crippen LogP contribution in [0.15, 0.2) is 73.1 Å². The molecule has 0 unspecified atom stereocenters. The van der Waals surface area contributed by atoms with Gasteiger partial charge in [0.15, 0.2) is 0 Å². The molecule has 2 aromatic heterocycles. The van der Waals surface area contributed by atoms with E-state index in [-0.39, 0.29) is 5.91 Å². The third-order valence-corrected chi connectivity index (χ3v) is 6.31. The summed E-state index contributed by atoms with van der Waals surface area (Å²) in [4.78, 5) is 24.7. The van der Waals surface area contributed by atoms with Crippen molar-refractivity contribution in [2.75, 3.05) is 19.6 Å². The first-order chi connectivity index (χ1) is 16.2. The van der Waals surface area contributed by atoms with Gasteiger partial charge < -0.3 is 5.32 Å². The van der Waals surface area contributed by atoms with Gasteiger partial charge in [0.25, 0.3) is 5.91 Å². The molecule has 0 atom stereocenters. The van der Waals surface area contributed by atoms with E-state index in [1.54, 1.807) is 12.4 Å². The Bertz CT molecular complexity index is 1290. The maximum atomic E-state index is 13.2. The van der Waals surface area contributed by atoms with Gasteiger partial charge in [-0.1, -0.05) is 35.9 Å². The summed E-state index contributed by atoms with van der Waals surface area (Å²) in [6.45, 7) is 5.73. The fourth-order valence-electron chi connectivity index (χ4n) is 4.53. The van der Waals surface area contributed by atoms with Gasteiger partial charge in [0.05, 0.1) is 16.8 Å². The largest absolute Gasteiger partial charge is 0.352 e. The van der Waals surface area contributed by atoms with E-state index in [4.69, 9.17) is 4.98 Å². The van der Waals surface area contributed by atoms with Gasteiger partial charge in [0.1, 0.15) is 0 Å². The predicted molar refractivity (Wildman–Crippen MR) is 132 cm³/mol. The molecular formula is C28H28N4O. The summed E-state index contributed by atoms with van der Waals surface area (Å²) in [6, 6.07) is 20.5. The molecule has 1 amide bonds. The van der Waals surface area contributed by atoms with Crippen LogP contribution in [0.2, 0.25) is 0 Å². The van der Waals surface area contributed by atoms with Crippen molar-refractivity contribution in [3.05, 3.63) is 95.3 Å². The van der Waals surface area contributed by atoms with Crippen LogP contribution in [0.25, 0.3) is 22.2 Å². The van der Waals surface area contributed by atoms with E-state index in [2.05, 4.69) is 39.5 Å². The van der Waals surface area contributed by atoms with E-state index in [0.717, 1.165) is 60.2 Å². The molecule has 2 aromatic carbocycles. The minimum Gasteiger partial charge on any atom is -0.352 e. The number of nitrogens with zero attached hydrogens (tertiary/aromatic N) is 3. The SMILES string of the molecule is Cc1ccc2nc(-c3cccnc3)cc(C(=O)NCCCN3CCc4ccccc4C3)c2c1. The Morgan fingerprint density at radius 2 is 1.94 bits per heavy atom. The molecule has 0 aliphatic carbocycles. The summed E-state index contributed by atoms with van der Waals surface area (Å²) in [5.41, 5.74) is 7.14. The second-order valence-corrected chi connectivity index (χ2v) is 8.72. The number of aromatic nitrogens is 2. The van der Waals surface area contributed by atoms with Gasteiger partial charge in [-0.2, -0.15) is 0 Å². The fourth-order valence-corrected chi connectivity index (χ4v) is 4.53. The summed E-state index contributed by atoms with van der Waals surface area (Å²) in [5.74, 6) is -0.0536. The molecule has 0 radical (unpaired) electrons. The summed E-state index contributed by atoms with van der Waals surface area (Å²) < 4.78 is 0. The van der Waals surface area contributed by atoms with Crippen molar-refractivity contribution in [2.45, 2.75) is 26.3 Å². The number of nitrogens with one attached hydrogen (secondary N) is 1. The molecule has 5 nitrogen and oxygen atoms in total. The van der Waals surface area contributed by atoms with Crippen LogP contribution in [0.4, 0.5) is 0 Å². The van der Waals surface area contributed by atoms with Crippen LogP contribution in [-0.4, -0.2) is 40.4 Å². The van der Waals surface area contributed by atoms with Crippen molar-refractivity contribution in [1.82, 2.24) is 20.2 Å². The summed E-state index contributed by atoms with van der Waals surface area (Å²) >= 11 is 0. The van der Waals surface area contributed by atoms with Crippen molar-refractivity contribution < 1.29 is 4.79 Å². The van der Waals surface area contributed by atoms with Crippen LogP contribution >= 0.6 is 0 Å². The number of aryl methyl sites for hydroxylation is 1. The Labute approximate surface area is 194 Å². The third kappa shape index (κ3) is 4.78. The van der Waals surface area contributed by atoms with Crippen molar-refractivity contribution in [1.29, 1.82) is 0 Å². The number of amides is 1. The average Bonchev–Trinajstić information content (AvgIpc) is 2.86. The Morgan fingerprint density at radius 3 is 2.79 bits per heavy atom. The number of hydrogen-bond acceptors (Lipinski definition) is 4.